The number of aryl methyl sites for hydroxylation is 2. The van der Waals surface area contributed by atoms with Gasteiger partial charge in [-0.2, -0.15) is 15.0 Å². The van der Waals surface area contributed by atoms with Crippen molar-refractivity contribution in [3.8, 4) is 5.69 Å². The van der Waals surface area contributed by atoms with Gasteiger partial charge < -0.3 is 19.3 Å². The molecule has 0 radical (unpaired) electrons. The third-order valence-electron chi connectivity index (χ3n) is 6.56. The van der Waals surface area contributed by atoms with E-state index in [2.05, 4.69) is 25.1 Å². The topological polar surface area (TPSA) is 98.5 Å². The van der Waals surface area contributed by atoms with Crippen molar-refractivity contribution in [1.82, 2.24) is 29.9 Å². The van der Waals surface area contributed by atoms with Gasteiger partial charge in [-0.3, -0.25) is 4.79 Å². The zero-order chi connectivity index (χ0) is 23.2. The normalized spacial score (nSPS) is 23.5. The largest absolute Gasteiger partial charge is 0.454 e. The SMILES string of the molecule is Cc1cc(C)nc(N2CC3CN(C(=O)C4=COC(c5cccc(-n6nccn6)c5)O4)CC3C2)n1. The molecule has 3 aromatic rings. The van der Waals surface area contributed by atoms with Crippen LogP contribution in [0.4, 0.5) is 5.95 Å². The summed E-state index contributed by atoms with van der Waals surface area (Å²) >= 11 is 0. The summed E-state index contributed by atoms with van der Waals surface area (Å²) in [4.78, 5) is 28.0. The number of carbonyl (C=O) groups is 1. The molecule has 3 aliphatic rings. The second-order valence-electron chi connectivity index (χ2n) is 9.07. The van der Waals surface area contributed by atoms with Crippen molar-refractivity contribution in [3.05, 3.63) is 71.7 Å². The number of likely N-dealkylation sites (tertiary alicyclic amines) is 1. The summed E-state index contributed by atoms with van der Waals surface area (Å²) in [7, 11) is 0. The first-order valence-electron chi connectivity index (χ1n) is 11.4. The van der Waals surface area contributed by atoms with Gasteiger partial charge in [0.05, 0.1) is 18.1 Å². The smallest absolute Gasteiger partial charge is 0.292 e. The zero-order valence-electron chi connectivity index (χ0n) is 19.0. The van der Waals surface area contributed by atoms with E-state index in [1.54, 1.807) is 12.4 Å². The minimum atomic E-state index is -0.672. The van der Waals surface area contributed by atoms with Crippen LogP contribution in [0.15, 0.2) is 54.7 Å². The lowest BCUT2D eigenvalue weighted by molar-refractivity contribution is -0.132. The summed E-state index contributed by atoms with van der Waals surface area (Å²) in [6, 6.07) is 9.54. The van der Waals surface area contributed by atoms with Crippen molar-refractivity contribution in [2.45, 2.75) is 20.1 Å². The molecule has 1 amide bonds. The standard InChI is InChI=1S/C24H25N7O3/c1-15-8-16(2)28-24(27-15)30-12-18-10-29(11-19(18)13-30)22(32)21-14-33-23(34-21)17-4-3-5-20(9-17)31-25-6-7-26-31/h3-9,14,18-19,23H,10-13H2,1-2H3. The van der Waals surface area contributed by atoms with Gasteiger partial charge in [0.1, 0.15) is 6.26 Å². The number of aromatic nitrogens is 5. The van der Waals surface area contributed by atoms with Gasteiger partial charge in [0.15, 0.2) is 0 Å². The zero-order valence-corrected chi connectivity index (χ0v) is 19.0. The van der Waals surface area contributed by atoms with Gasteiger partial charge in [0.2, 0.25) is 11.7 Å². The van der Waals surface area contributed by atoms with Crippen LogP contribution in [0.5, 0.6) is 0 Å². The fraction of sp³-hybridized carbons (Fsp3) is 0.375. The van der Waals surface area contributed by atoms with Crippen molar-refractivity contribution in [2.24, 2.45) is 11.8 Å². The van der Waals surface area contributed by atoms with E-state index in [1.165, 1.54) is 11.1 Å². The van der Waals surface area contributed by atoms with Gasteiger partial charge in [-0.05, 0) is 32.0 Å². The average Bonchev–Trinajstić information content (AvgIpc) is 3.62. The first-order valence-corrected chi connectivity index (χ1v) is 11.4. The second kappa shape index (κ2) is 8.12. The van der Waals surface area contributed by atoms with Crippen LogP contribution in [0.3, 0.4) is 0 Å². The molecule has 5 heterocycles. The van der Waals surface area contributed by atoms with Crippen LogP contribution in [-0.4, -0.2) is 61.9 Å². The highest BCUT2D eigenvalue weighted by Gasteiger charge is 2.44. The summed E-state index contributed by atoms with van der Waals surface area (Å²) in [6.45, 7) is 7.07. The lowest BCUT2D eigenvalue weighted by Gasteiger charge is -2.22. The van der Waals surface area contributed by atoms with Crippen LogP contribution in [0.2, 0.25) is 0 Å². The van der Waals surface area contributed by atoms with Crippen molar-refractivity contribution in [1.29, 1.82) is 0 Å². The quantitative estimate of drug-likeness (QED) is 0.585. The van der Waals surface area contributed by atoms with Gasteiger partial charge in [-0.25, -0.2) is 9.97 Å². The van der Waals surface area contributed by atoms with E-state index in [-0.39, 0.29) is 11.7 Å². The van der Waals surface area contributed by atoms with E-state index < -0.39 is 6.29 Å². The Bertz CT molecular complexity index is 1220. The van der Waals surface area contributed by atoms with Crippen LogP contribution < -0.4 is 4.90 Å². The summed E-state index contributed by atoms with van der Waals surface area (Å²) in [5.41, 5.74) is 3.53. The van der Waals surface area contributed by atoms with Crippen LogP contribution in [0.25, 0.3) is 5.69 Å². The Hall–Kier alpha value is -3.95. The molecule has 1 aromatic carbocycles. The molecule has 2 fully saturated rings. The van der Waals surface area contributed by atoms with E-state index in [9.17, 15) is 4.79 Å². The lowest BCUT2D eigenvalue weighted by atomic mass is 10.0. The van der Waals surface area contributed by atoms with Crippen molar-refractivity contribution in [3.63, 3.8) is 0 Å². The molecule has 10 nitrogen and oxygen atoms in total. The van der Waals surface area contributed by atoms with E-state index in [0.29, 0.717) is 24.9 Å². The Morgan fingerprint density at radius 2 is 1.68 bits per heavy atom. The number of fused-ring (bicyclic) bond motifs is 1. The fourth-order valence-electron chi connectivity index (χ4n) is 5.01. The molecule has 174 valence electrons. The molecule has 0 bridgehead atoms. The van der Waals surface area contributed by atoms with Crippen LogP contribution >= 0.6 is 0 Å². The Kier molecular flexibility index (Phi) is 4.93. The van der Waals surface area contributed by atoms with Gasteiger partial charge in [0, 0.05) is 55.0 Å². The van der Waals surface area contributed by atoms with Crippen LogP contribution in [0.1, 0.15) is 23.2 Å². The first-order chi connectivity index (χ1) is 16.5. The maximum atomic E-state index is 13.1. The van der Waals surface area contributed by atoms with Gasteiger partial charge >= 0.3 is 0 Å². The summed E-state index contributed by atoms with van der Waals surface area (Å²) in [5, 5.41) is 8.30. The number of ether oxygens (including phenoxy) is 2. The van der Waals surface area contributed by atoms with Crippen molar-refractivity contribution in [2.75, 3.05) is 31.1 Å². The maximum absolute atomic E-state index is 13.1. The minimum absolute atomic E-state index is 0.129. The van der Waals surface area contributed by atoms with E-state index in [4.69, 9.17) is 9.47 Å². The van der Waals surface area contributed by atoms with Crippen LogP contribution in [0, 0.1) is 25.7 Å². The van der Waals surface area contributed by atoms with E-state index >= 15 is 0 Å². The molecule has 0 saturated carbocycles. The van der Waals surface area contributed by atoms with E-state index in [1.807, 2.05) is 49.1 Å². The highest BCUT2D eigenvalue weighted by Crippen LogP contribution is 2.35. The molecule has 2 aromatic heterocycles. The molecule has 10 heteroatoms. The lowest BCUT2D eigenvalue weighted by Crippen LogP contribution is -2.34. The van der Waals surface area contributed by atoms with Crippen LogP contribution in [-0.2, 0) is 14.3 Å². The Morgan fingerprint density at radius 3 is 2.38 bits per heavy atom. The van der Waals surface area contributed by atoms with Crippen molar-refractivity contribution < 1.29 is 14.3 Å². The number of benzene rings is 1. The third kappa shape index (κ3) is 3.74. The second-order valence-corrected chi connectivity index (χ2v) is 9.07. The Balaban J connectivity index is 1.08. The number of rotatable bonds is 4. The molecular formula is C24H25N7O3. The highest BCUT2D eigenvalue weighted by molar-refractivity contribution is 5.91. The molecular weight excluding hydrogens is 434 g/mol. The van der Waals surface area contributed by atoms with Gasteiger partial charge in [-0.1, -0.05) is 12.1 Å². The third-order valence-corrected chi connectivity index (χ3v) is 6.56. The minimum Gasteiger partial charge on any atom is -0.454 e. The van der Waals surface area contributed by atoms with Gasteiger partial charge in [0.25, 0.3) is 12.2 Å². The Morgan fingerprint density at radius 1 is 0.971 bits per heavy atom. The average molecular weight is 460 g/mol. The summed E-state index contributed by atoms with van der Waals surface area (Å²) in [5.74, 6) is 1.68. The first kappa shape index (κ1) is 20.6. The van der Waals surface area contributed by atoms with E-state index in [0.717, 1.165) is 41.7 Å². The molecule has 0 spiro atoms. The van der Waals surface area contributed by atoms with Crippen molar-refractivity contribution >= 4 is 11.9 Å². The predicted molar refractivity (Wildman–Crippen MR) is 122 cm³/mol. The molecule has 3 aliphatic heterocycles. The number of anilines is 1. The molecule has 3 atom stereocenters. The predicted octanol–water partition coefficient (Wildman–Crippen LogP) is 2.16. The molecule has 0 N–H and O–H groups in total. The fourth-order valence-corrected chi connectivity index (χ4v) is 5.01. The maximum Gasteiger partial charge on any atom is 0.292 e. The highest BCUT2D eigenvalue weighted by atomic mass is 16.7. The number of nitrogens with zero attached hydrogens (tertiary/aromatic N) is 7. The molecule has 0 aliphatic carbocycles. The monoisotopic (exact) mass is 459 g/mol. The summed E-state index contributed by atoms with van der Waals surface area (Å²) in [6.07, 6.45) is 3.99. The molecule has 2 saturated heterocycles. The van der Waals surface area contributed by atoms with Gasteiger partial charge in [-0.15, -0.1) is 0 Å². The molecule has 6 rings (SSSR count). The number of hydrogen-bond acceptors (Lipinski definition) is 8. The summed E-state index contributed by atoms with van der Waals surface area (Å²) < 4.78 is 11.6. The number of hydrogen-bond donors (Lipinski definition) is 0. The number of carbonyl (C=O) groups excluding carboxylic acids is 1. The number of amides is 1. The molecule has 3 unspecified atom stereocenters. The Labute approximate surface area is 196 Å². The molecule has 34 heavy (non-hydrogen) atoms.